The lowest BCUT2D eigenvalue weighted by Gasteiger charge is -2.18. The van der Waals surface area contributed by atoms with Crippen LogP contribution in [-0.2, 0) is 16.0 Å². The van der Waals surface area contributed by atoms with E-state index in [4.69, 9.17) is 0 Å². The Morgan fingerprint density at radius 1 is 0.800 bits per heavy atom. The van der Waals surface area contributed by atoms with Gasteiger partial charge in [-0.05, 0) is 23.3 Å². The molecule has 1 aromatic heterocycles. The van der Waals surface area contributed by atoms with Crippen LogP contribution in [0, 0.1) is 0 Å². The van der Waals surface area contributed by atoms with E-state index in [-0.39, 0.29) is 18.2 Å². The molecule has 0 aliphatic carbocycles. The lowest BCUT2D eigenvalue weighted by Crippen LogP contribution is -2.44. The van der Waals surface area contributed by atoms with Crippen molar-refractivity contribution in [2.24, 2.45) is 0 Å². The molecule has 0 bridgehead atoms. The van der Waals surface area contributed by atoms with Crippen LogP contribution >= 0.6 is 11.3 Å². The Labute approximate surface area is 178 Å². The summed E-state index contributed by atoms with van der Waals surface area (Å²) in [5.74, 6) is -1.03. The minimum absolute atomic E-state index is 0.248. The van der Waals surface area contributed by atoms with Gasteiger partial charge in [0.2, 0.25) is 11.8 Å². The van der Waals surface area contributed by atoms with Crippen LogP contribution < -0.4 is 10.9 Å². The van der Waals surface area contributed by atoms with Crippen LogP contribution in [0.2, 0.25) is 0 Å². The maximum atomic E-state index is 12.9. The number of aryl methyl sites for hydroxylation is 1. The second-order valence-corrected chi connectivity index (χ2v) is 7.98. The lowest BCUT2D eigenvalue weighted by atomic mass is 9.91. The highest BCUT2D eigenvalue weighted by Crippen LogP contribution is 2.25. The number of amides is 2. The normalized spacial score (nSPS) is 10.8. The number of thiazole rings is 1. The van der Waals surface area contributed by atoms with Crippen LogP contribution in [-0.4, -0.2) is 16.8 Å². The topological polar surface area (TPSA) is 71.1 Å². The number of carbonyl (C=O) groups is 2. The van der Waals surface area contributed by atoms with E-state index in [0.717, 1.165) is 26.4 Å². The van der Waals surface area contributed by atoms with E-state index in [1.807, 2.05) is 84.9 Å². The third-order valence-electron chi connectivity index (χ3n) is 4.76. The molecule has 0 spiro atoms. The highest BCUT2D eigenvalue weighted by atomic mass is 32.1. The molecule has 0 saturated heterocycles. The lowest BCUT2D eigenvalue weighted by molar-refractivity contribution is -0.129. The molecule has 4 rings (SSSR count). The Morgan fingerprint density at radius 2 is 1.40 bits per heavy atom. The van der Waals surface area contributed by atoms with Gasteiger partial charge in [0, 0.05) is 12.8 Å². The number of rotatable bonds is 6. The molecule has 6 heteroatoms. The molecule has 0 atom stereocenters. The summed E-state index contributed by atoms with van der Waals surface area (Å²) < 4.78 is 1.11. The zero-order valence-electron chi connectivity index (χ0n) is 16.2. The second-order valence-electron chi connectivity index (χ2n) is 6.87. The van der Waals surface area contributed by atoms with Crippen LogP contribution in [0.3, 0.4) is 0 Å². The van der Waals surface area contributed by atoms with Crippen molar-refractivity contribution in [1.29, 1.82) is 0 Å². The Bertz CT molecular complexity index is 1070. The van der Waals surface area contributed by atoms with Crippen LogP contribution in [0.25, 0.3) is 10.2 Å². The van der Waals surface area contributed by atoms with Crippen LogP contribution in [0.4, 0.5) is 0 Å². The van der Waals surface area contributed by atoms with Crippen molar-refractivity contribution in [3.8, 4) is 0 Å². The van der Waals surface area contributed by atoms with Gasteiger partial charge in [0.15, 0.2) is 0 Å². The van der Waals surface area contributed by atoms with Crippen LogP contribution in [0.5, 0.6) is 0 Å². The number of aromatic nitrogens is 1. The molecule has 4 aromatic rings. The number of nitrogens with one attached hydrogen (secondary N) is 2. The monoisotopic (exact) mass is 415 g/mol. The van der Waals surface area contributed by atoms with Gasteiger partial charge < -0.3 is 0 Å². The molecule has 0 saturated carbocycles. The number of benzene rings is 3. The molecule has 3 aromatic carbocycles. The zero-order chi connectivity index (χ0) is 20.8. The Kier molecular flexibility index (Phi) is 6.15. The summed E-state index contributed by atoms with van der Waals surface area (Å²) in [5.41, 5.74) is 7.81. The second kappa shape index (κ2) is 9.33. The van der Waals surface area contributed by atoms with E-state index in [1.54, 1.807) is 11.3 Å². The first-order valence-corrected chi connectivity index (χ1v) is 10.6. The molecular formula is C24H21N3O2S. The number of hydrogen-bond acceptors (Lipinski definition) is 4. The van der Waals surface area contributed by atoms with Gasteiger partial charge in [-0.1, -0.05) is 72.8 Å². The fourth-order valence-corrected chi connectivity index (χ4v) is 4.27. The summed E-state index contributed by atoms with van der Waals surface area (Å²) in [6.45, 7) is 0. The molecular weight excluding hydrogens is 394 g/mol. The third kappa shape index (κ3) is 4.72. The summed E-state index contributed by atoms with van der Waals surface area (Å²) >= 11 is 1.58. The number of para-hydroxylation sites is 1. The van der Waals surface area contributed by atoms with Crippen LogP contribution in [0.1, 0.15) is 28.5 Å². The summed E-state index contributed by atoms with van der Waals surface area (Å²) in [6, 6.07) is 26.9. The van der Waals surface area contributed by atoms with Crippen molar-refractivity contribution < 1.29 is 9.59 Å². The molecule has 0 fully saturated rings. The largest absolute Gasteiger partial charge is 0.273 e. The maximum absolute atomic E-state index is 12.9. The molecule has 0 aliphatic rings. The van der Waals surface area contributed by atoms with E-state index in [1.165, 1.54) is 0 Å². The summed E-state index contributed by atoms with van der Waals surface area (Å²) in [4.78, 5) is 29.7. The Hall–Kier alpha value is -3.51. The molecule has 0 unspecified atom stereocenters. The molecule has 0 radical (unpaired) electrons. The fraction of sp³-hybridized carbons (Fsp3) is 0.125. The number of nitrogens with zero attached hydrogens (tertiary/aromatic N) is 1. The Morgan fingerprint density at radius 3 is 2.03 bits per heavy atom. The zero-order valence-corrected chi connectivity index (χ0v) is 17.1. The average Bonchev–Trinajstić information content (AvgIpc) is 3.21. The van der Waals surface area contributed by atoms with Gasteiger partial charge in [-0.25, -0.2) is 4.98 Å². The summed E-state index contributed by atoms with van der Waals surface area (Å²) in [5, 5.41) is 0.907. The van der Waals surface area contributed by atoms with Crippen molar-refractivity contribution in [2.75, 3.05) is 0 Å². The highest BCUT2D eigenvalue weighted by molar-refractivity contribution is 7.18. The van der Waals surface area contributed by atoms with Gasteiger partial charge in [0.05, 0.1) is 21.1 Å². The molecule has 150 valence electrons. The van der Waals surface area contributed by atoms with Crippen molar-refractivity contribution in [1.82, 2.24) is 15.8 Å². The van der Waals surface area contributed by atoms with E-state index in [0.29, 0.717) is 6.42 Å². The van der Waals surface area contributed by atoms with Gasteiger partial charge in [-0.3, -0.25) is 20.4 Å². The van der Waals surface area contributed by atoms with Crippen molar-refractivity contribution in [2.45, 2.75) is 18.8 Å². The van der Waals surface area contributed by atoms with E-state index in [2.05, 4.69) is 15.8 Å². The standard InChI is InChI=1S/C24H21N3O2S/c28-21(15-16-22-25-19-13-7-8-14-20(19)30-22)26-27-24(29)23(17-9-3-1-4-10-17)18-11-5-2-6-12-18/h1-14,23H,15-16H2,(H,26,28)(H,27,29). The number of hydrogen-bond donors (Lipinski definition) is 2. The first-order chi connectivity index (χ1) is 14.7. The van der Waals surface area contributed by atoms with Crippen molar-refractivity contribution in [3.05, 3.63) is 101 Å². The SMILES string of the molecule is O=C(CCc1nc2ccccc2s1)NNC(=O)C(c1ccccc1)c1ccccc1. The molecule has 5 nitrogen and oxygen atoms in total. The van der Waals surface area contributed by atoms with Gasteiger partial charge in [0.25, 0.3) is 0 Å². The third-order valence-corrected chi connectivity index (χ3v) is 5.85. The number of fused-ring (bicyclic) bond motifs is 1. The quantitative estimate of drug-likeness (QED) is 0.464. The van der Waals surface area contributed by atoms with Crippen LogP contribution in [0.15, 0.2) is 84.9 Å². The molecule has 1 heterocycles. The molecule has 30 heavy (non-hydrogen) atoms. The first kappa shape index (κ1) is 19.8. The van der Waals surface area contributed by atoms with Gasteiger partial charge in [0.1, 0.15) is 0 Å². The summed E-state index contributed by atoms with van der Waals surface area (Å²) in [6.07, 6.45) is 0.781. The molecule has 0 aliphatic heterocycles. The minimum atomic E-state index is -0.503. The summed E-state index contributed by atoms with van der Waals surface area (Å²) in [7, 11) is 0. The molecule has 2 N–H and O–H groups in total. The van der Waals surface area contributed by atoms with Gasteiger partial charge in [-0.2, -0.15) is 0 Å². The average molecular weight is 416 g/mol. The van der Waals surface area contributed by atoms with Gasteiger partial charge in [-0.15, -0.1) is 11.3 Å². The number of hydrazine groups is 1. The Balaban J connectivity index is 1.37. The van der Waals surface area contributed by atoms with Crippen molar-refractivity contribution in [3.63, 3.8) is 0 Å². The van der Waals surface area contributed by atoms with Gasteiger partial charge >= 0.3 is 0 Å². The predicted octanol–water partition coefficient (Wildman–Crippen LogP) is 4.21. The first-order valence-electron chi connectivity index (χ1n) is 9.74. The van der Waals surface area contributed by atoms with E-state index < -0.39 is 5.92 Å². The highest BCUT2D eigenvalue weighted by Gasteiger charge is 2.22. The number of carbonyl (C=O) groups excluding carboxylic acids is 2. The minimum Gasteiger partial charge on any atom is -0.273 e. The van der Waals surface area contributed by atoms with E-state index in [9.17, 15) is 9.59 Å². The van der Waals surface area contributed by atoms with Crippen molar-refractivity contribution >= 4 is 33.4 Å². The smallest absolute Gasteiger partial charge is 0.250 e. The fourth-order valence-electron chi connectivity index (χ4n) is 3.30. The predicted molar refractivity (Wildman–Crippen MR) is 119 cm³/mol. The maximum Gasteiger partial charge on any atom is 0.250 e. The molecule has 2 amide bonds. The van der Waals surface area contributed by atoms with E-state index >= 15 is 0 Å².